The van der Waals surface area contributed by atoms with Crippen molar-refractivity contribution >= 4 is 11.9 Å². The lowest BCUT2D eigenvalue weighted by Crippen LogP contribution is -2.38. The lowest BCUT2D eigenvalue weighted by molar-refractivity contribution is -0.169. The largest absolute Gasteiger partial charge is 0.462 e. The molecule has 0 aromatic rings. The number of carbonyl (C=O) groups is 2. The van der Waals surface area contributed by atoms with Gasteiger partial charge < -0.3 is 18.9 Å². The number of esters is 2. The summed E-state index contributed by atoms with van der Waals surface area (Å²) in [4.78, 5) is 24.6. The van der Waals surface area contributed by atoms with E-state index in [1.165, 1.54) is 13.0 Å². The average molecular weight is 358 g/mol. The van der Waals surface area contributed by atoms with Crippen LogP contribution in [-0.4, -0.2) is 51.6 Å². The van der Waals surface area contributed by atoms with Crippen LogP contribution in [0, 0.1) is 5.41 Å². The van der Waals surface area contributed by atoms with Crippen molar-refractivity contribution in [3.8, 4) is 0 Å². The highest BCUT2D eigenvalue weighted by Gasteiger charge is 2.41. The minimum atomic E-state index is -1.46. The Labute approximate surface area is 151 Å². The molecule has 0 unspecified atom stereocenters. The number of ether oxygens (including phenoxy) is 4. The molecule has 0 bridgehead atoms. The molecule has 0 fully saturated rings. The zero-order valence-corrected chi connectivity index (χ0v) is 16.2. The van der Waals surface area contributed by atoms with E-state index in [9.17, 15) is 9.59 Å². The number of hydrogen-bond acceptors (Lipinski definition) is 6. The number of allylic oxidation sites excluding steroid dienone is 1. The second-order valence-electron chi connectivity index (χ2n) is 5.91. The van der Waals surface area contributed by atoms with Crippen LogP contribution < -0.4 is 0 Å². The summed E-state index contributed by atoms with van der Waals surface area (Å²) in [5.74, 6) is -1.27. The summed E-state index contributed by atoms with van der Waals surface area (Å²) < 4.78 is 21.0. The first kappa shape index (κ1) is 23.6. The van der Waals surface area contributed by atoms with Crippen LogP contribution in [0.2, 0.25) is 0 Å². The zero-order valence-electron chi connectivity index (χ0n) is 16.2. The second kappa shape index (κ2) is 14.9. The zero-order chi connectivity index (χ0) is 19.0. The smallest absolute Gasteiger partial charge is 0.327 e. The van der Waals surface area contributed by atoms with Crippen LogP contribution in [-0.2, 0) is 28.5 Å². The average Bonchev–Trinajstić information content (AvgIpc) is 2.60. The van der Waals surface area contributed by atoms with Crippen molar-refractivity contribution in [2.24, 2.45) is 5.41 Å². The van der Waals surface area contributed by atoms with Gasteiger partial charge in [0.1, 0.15) is 13.2 Å². The monoisotopic (exact) mass is 358 g/mol. The predicted molar refractivity (Wildman–Crippen MR) is 96.3 cm³/mol. The highest BCUT2D eigenvalue weighted by atomic mass is 16.6. The van der Waals surface area contributed by atoms with Gasteiger partial charge >= 0.3 is 11.9 Å². The van der Waals surface area contributed by atoms with E-state index in [2.05, 4.69) is 13.8 Å². The van der Waals surface area contributed by atoms with E-state index in [1.807, 2.05) is 0 Å². The molecular weight excluding hydrogens is 324 g/mol. The maximum absolute atomic E-state index is 12.3. The molecule has 0 heterocycles. The van der Waals surface area contributed by atoms with Gasteiger partial charge in [0, 0.05) is 13.2 Å². The Morgan fingerprint density at radius 2 is 1.24 bits per heavy atom. The number of carbonyl (C=O) groups excluding carboxylic acids is 2. The predicted octanol–water partition coefficient (Wildman–Crippen LogP) is 3.29. The van der Waals surface area contributed by atoms with Crippen LogP contribution in [0.1, 0.15) is 53.4 Å². The molecule has 0 aliphatic rings. The van der Waals surface area contributed by atoms with Crippen molar-refractivity contribution in [3.63, 3.8) is 0 Å². The van der Waals surface area contributed by atoms with E-state index in [1.54, 1.807) is 13.0 Å². The Balaban J connectivity index is 4.30. The molecule has 6 heteroatoms. The van der Waals surface area contributed by atoms with Crippen LogP contribution in [0.5, 0.6) is 0 Å². The first-order valence-electron chi connectivity index (χ1n) is 9.16. The van der Waals surface area contributed by atoms with Crippen molar-refractivity contribution in [1.29, 1.82) is 0 Å². The highest BCUT2D eigenvalue weighted by molar-refractivity contribution is 6.01. The maximum Gasteiger partial charge on any atom is 0.327 e. The third kappa shape index (κ3) is 10.2. The van der Waals surface area contributed by atoms with Crippen molar-refractivity contribution < 1.29 is 28.5 Å². The van der Waals surface area contributed by atoms with Gasteiger partial charge in [-0.15, -0.1) is 0 Å². The van der Waals surface area contributed by atoms with Crippen LogP contribution >= 0.6 is 0 Å². The van der Waals surface area contributed by atoms with Crippen molar-refractivity contribution in [3.05, 3.63) is 12.2 Å². The third-order valence-corrected chi connectivity index (χ3v) is 3.55. The van der Waals surface area contributed by atoms with Gasteiger partial charge in [-0.3, -0.25) is 9.59 Å². The molecule has 0 rings (SSSR count). The molecule has 0 aromatic carbocycles. The summed E-state index contributed by atoms with van der Waals surface area (Å²) in [6.45, 7) is 9.52. The summed E-state index contributed by atoms with van der Waals surface area (Å²) in [5, 5.41) is 0. The quantitative estimate of drug-likeness (QED) is 0.194. The summed E-state index contributed by atoms with van der Waals surface area (Å²) in [7, 11) is 0. The summed E-state index contributed by atoms with van der Waals surface area (Å²) in [6.07, 6.45) is 7.17. The van der Waals surface area contributed by atoms with E-state index in [-0.39, 0.29) is 13.2 Å². The van der Waals surface area contributed by atoms with E-state index in [4.69, 9.17) is 18.9 Å². The van der Waals surface area contributed by atoms with Gasteiger partial charge in [-0.25, -0.2) is 0 Å². The van der Waals surface area contributed by atoms with Crippen molar-refractivity contribution in [1.82, 2.24) is 0 Å². The molecule has 0 aliphatic heterocycles. The molecule has 0 radical (unpaired) electrons. The molecule has 0 aromatic heterocycles. The summed E-state index contributed by atoms with van der Waals surface area (Å²) in [6, 6.07) is 0. The minimum absolute atomic E-state index is 0.114. The lowest BCUT2D eigenvalue weighted by atomic mass is 9.90. The molecule has 0 saturated heterocycles. The number of rotatable bonds is 15. The molecule has 0 atom stereocenters. The Bertz CT molecular complexity index is 363. The molecule has 25 heavy (non-hydrogen) atoms. The van der Waals surface area contributed by atoms with Gasteiger partial charge in [-0.05, 0) is 26.7 Å². The highest BCUT2D eigenvalue weighted by Crippen LogP contribution is 2.23. The molecule has 0 aliphatic carbocycles. The Morgan fingerprint density at radius 3 is 1.60 bits per heavy atom. The maximum atomic E-state index is 12.3. The van der Waals surface area contributed by atoms with Gasteiger partial charge in [-0.1, -0.05) is 38.8 Å². The van der Waals surface area contributed by atoms with Gasteiger partial charge in [0.2, 0.25) is 0 Å². The third-order valence-electron chi connectivity index (χ3n) is 3.55. The molecule has 146 valence electrons. The first-order chi connectivity index (χ1) is 12.0. The van der Waals surface area contributed by atoms with Gasteiger partial charge in [0.15, 0.2) is 5.41 Å². The minimum Gasteiger partial charge on any atom is -0.462 e. The lowest BCUT2D eigenvalue weighted by Gasteiger charge is -2.22. The first-order valence-corrected chi connectivity index (χ1v) is 9.16. The molecule has 0 N–H and O–H groups in total. The van der Waals surface area contributed by atoms with Crippen LogP contribution in [0.25, 0.3) is 0 Å². The molecule has 0 saturated carbocycles. The van der Waals surface area contributed by atoms with E-state index >= 15 is 0 Å². The SMILES string of the molecule is CC=CC(C)(C(=O)OCCOCCCC)C(=O)OCCOCCCC. The normalized spacial score (nSPS) is 11.7. The standard InChI is InChI=1S/C19H34O6/c1-5-8-11-22-13-15-24-17(20)19(4,10-7-3)18(21)25-16-14-23-12-9-6-2/h7,10H,5-6,8-9,11-16H2,1-4H3. The second-order valence-corrected chi connectivity index (χ2v) is 5.91. The van der Waals surface area contributed by atoms with Crippen LogP contribution in [0.3, 0.4) is 0 Å². The molecule has 0 spiro atoms. The Kier molecular flexibility index (Phi) is 14.1. The van der Waals surface area contributed by atoms with Crippen LogP contribution in [0.15, 0.2) is 12.2 Å². The Morgan fingerprint density at radius 1 is 0.800 bits per heavy atom. The van der Waals surface area contributed by atoms with Crippen molar-refractivity contribution in [2.75, 3.05) is 39.6 Å². The van der Waals surface area contributed by atoms with E-state index < -0.39 is 17.4 Å². The summed E-state index contributed by atoms with van der Waals surface area (Å²) >= 11 is 0. The topological polar surface area (TPSA) is 71.1 Å². The fourth-order valence-corrected chi connectivity index (χ4v) is 1.94. The van der Waals surface area contributed by atoms with Gasteiger partial charge in [-0.2, -0.15) is 0 Å². The van der Waals surface area contributed by atoms with Crippen molar-refractivity contribution in [2.45, 2.75) is 53.4 Å². The summed E-state index contributed by atoms with van der Waals surface area (Å²) in [5.41, 5.74) is -1.46. The van der Waals surface area contributed by atoms with Gasteiger partial charge in [0.05, 0.1) is 13.2 Å². The Hall–Kier alpha value is -1.40. The molecule has 6 nitrogen and oxygen atoms in total. The fourth-order valence-electron chi connectivity index (χ4n) is 1.94. The number of hydrogen-bond donors (Lipinski definition) is 0. The van der Waals surface area contributed by atoms with E-state index in [0.29, 0.717) is 26.4 Å². The van der Waals surface area contributed by atoms with Gasteiger partial charge in [0.25, 0.3) is 0 Å². The molecular formula is C19H34O6. The fraction of sp³-hybridized carbons (Fsp3) is 0.789. The van der Waals surface area contributed by atoms with Crippen LogP contribution in [0.4, 0.5) is 0 Å². The molecule has 0 amide bonds. The van der Waals surface area contributed by atoms with E-state index in [0.717, 1.165) is 25.7 Å². The number of unbranched alkanes of at least 4 members (excludes halogenated alkanes) is 2.